The predicted octanol–water partition coefficient (Wildman–Crippen LogP) is 1.92. The van der Waals surface area contributed by atoms with E-state index in [1.54, 1.807) is 6.20 Å². The van der Waals surface area contributed by atoms with Gasteiger partial charge in [-0.3, -0.25) is 0 Å². The van der Waals surface area contributed by atoms with Crippen LogP contribution in [0, 0.1) is 0 Å². The first-order valence-electron chi connectivity index (χ1n) is 10.6. The molecule has 0 spiro atoms. The lowest BCUT2D eigenvalue weighted by molar-refractivity contribution is 0.177. The van der Waals surface area contributed by atoms with Crippen LogP contribution in [0.3, 0.4) is 0 Å². The molecular formula is C16H21N3O2. The van der Waals surface area contributed by atoms with E-state index in [1.165, 1.54) is 11.9 Å². The van der Waals surface area contributed by atoms with Crippen LogP contribution in [0.15, 0.2) is 24.3 Å². The van der Waals surface area contributed by atoms with Gasteiger partial charge in [-0.1, -0.05) is 6.04 Å². The minimum atomic E-state index is -2.31. The molecule has 0 radical (unpaired) electrons. The second kappa shape index (κ2) is 5.77. The van der Waals surface area contributed by atoms with Crippen LogP contribution < -0.4 is 5.32 Å². The van der Waals surface area contributed by atoms with Gasteiger partial charge in [-0.15, -0.1) is 0 Å². The highest BCUT2D eigenvalue weighted by Gasteiger charge is 2.22. The number of hydrogen-bond acceptors (Lipinski definition) is 3. The Morgan fingerprint density at radius 1 is 1.62 bits per heavy atom. The van der Waals surface area contributed by atoms with E-state index < -0.39 is 31.5 Å². The van der Waals surface area contributed by atoms with Gasteiger partial charge in [-0.25, -0.2) is 4.79 Å². The highest BCUT2D eigenvalue weighted by atomic mass is 16.6. The Morgan fingerprint density at radius 2 is 2.52 bits per heavy atom. The molecule has 1 atom stereocenters. The lowest BCUT2D eigenvalue weighted by Crippen LogP contribution is -2.28. The number of hydrogen-bond donors (Lipinski definition) is 2. The quantitative estimate of drug-likeness (QED) is 0.886. The summed E-state index contributed by atoms with van der Waals surface area (Å²) in [5.74, 6) is 0. The van der Waals surface area contributed by atoms with E-state index in [0.717, 1.165) is 0 Å². The van der Waals surface area contributed by atoms with Gasteiger partial charge >= 0.3 is 6.09 Å². The Kier molecular flexibility index (Phi) is 2.01. The smallest absolute Gasteiger partial charge is 0.407 e. The van der Waals surface area contributed by atoms with Crippen LogP contribution in [-0.2, 0) is 17.5 Å². The third-order valence-electron chi connectivity index (χ3n) is 3.23. The topological polar surface area (TPSA) is 57.4 Å². The van der Waals surface area contributed by atoms with Crippen molar-refractivity contribution in [1.29, 1.82) is 0 Å². The highest BCUT2D eigenvalue weighted by molar-refractivity contribution is 5.84. The molecule has 0 unspecified atom stereocenters. The molecule has 0 aliphatic carbocycles. The molecule has 5 nitrogen and oxygen atoms in total. The van der Waals surface area contributed by atoms with Crippen LogP contribution in [-0.4, -0.2) is 49.2 Å². The van der Waals surface area contributed by atoms with Crippen LogP contribution in [0.5, 0.6) is 0 Å². The number of aromatic amines is 1. The third-order valence-corrected chi connectivity index (χ3v) is 3.23. The first-order chi connectivity index (χ1) is 13.4. The zero-order valence-corrected chi connectivity index (χ0v) is 11.5. The number of H-pyrrole nitrogens is 1. The van der Waals surface area contributed by atoms with Crippen molar-refractivity contribution >= 4 is 17.0 Å². The summed E-state index contributed by atoms with van der Waals surface area (Å²) in [6, 6.07) is -2.07. The third kappa shape index (κ3) is 3.19. The second-order valence-electron chi connectivity index (χ2n) is 4.93. The van der Waals surface area contributed by atoms with Crippen molar-refractivity contribution in [3.05, 3.63) is 35.5 Å². The number of alkyl carbamates (subject to hydrolysis) is 1. The standard InChI is InChI=1S/C16H21N3O2/c1-19(2)6-5-12-9-17-15-4-3-11(8-14(12)15)7-13-10-21-16(20)18-13/h3-4,8-9,13,17H,5-7,10H2,1-2H3,(H,18,20)/t13-/m0/s1/i1D3,3D,4D,7D2,8D. The first-order valence-corrected chi connectivity index (χ1v) is 6.60. The molecule has 1 amide bonds. The van der Waals surface area contributed by atoms with Gasteiger partial charge < -0.3 is 19.9 Å². The number of nitrogens with one attached hydrogen (secondary N) is 2. The van der Waals surface area contributed by atoms with Crippen molar-refractivity contribution in [3.63, 3.8) is 0 Å². The van der Waals surface area contributed by atoms with Crippen LogP contribution in [0.1, 0.15) is 22.1 Å². The molecule has 3 rings (SSSR count). The number of rotatable bonds is 5. The maximum Gasteiger partial charge on any atom is 0.407 e. The Balaban J connectivity index is 2.07. The summed E-state index contributed by atoms with van der Waals surface area (Å²) in [5, 5.41) is 2.61. The number of cyclic esters (lactones) is 1. The molecule has 2 aromatic rings. The van der Waals surface area contributed by atoms with Crippen LogP contribution in [0.4, 0.5) is 4.79 Å². The average Bonchev–Trinajstić information content (AvgIpc) is 3.23. The molecule has 1 aromatic heterocycles. The molecule has 0 bridgehead atoms. The summed E-state index contributed by atoms with van der Waals surface area (Å²) in [5.41, 5.74) is 0.465. The molecule has 2 heterocycles. The maximum atomic E-state index is 11.3. The lowest BCUT2D eigenvalue weighted by Gasteiger charge is -2.09. The Hall–Kier alpha value is -2.01. The number of aromatic nitrogens is 1. The van der Waals surface area contributed by atoms with Crippen molar-refractivity contribution in [1.82, 2.24) is 15.2 Å². The van der Waals surface area contributed by atoms with Gasteiger partial charge in [0.25, 0.3) is 0 Å². The molecule has 21 heavy (non-hydrogen) atoms. The fourth-order valence-electron chi connectivity index (χ4n) is 2.18. The van der Waals surface area contributed by atoms with Gasteiger partial charge in [0.15, 0.2) is 0 Å². The van der Waals surface area contributed by atoms with Crippen molar-refractivity contribution < 1.29 is 20.5 Å². The lowest BCUT2D eigenvalue weighted by atomic mass is 10.0. The van der Waals surface area contributed by atoms with E-state index in [9.17, 15) is 4.79 Å². The van der Waals surface area contributed by atoms with E-state index >= 15 is 0 Å². The normalized spacial score (nSPS) is 25.0. The van der Waals surface area contributed by atoms with Gasteiger partial charge in [0.05, 0.1) is 10.2 Å². The number of amides is 1. The maximum absolute atomic E-state index is 11.3. The van der Waals surface area contributed by atoms with Crippen molar-refractivity contribution in [2.24, 2.45) is 0 Å². The summed E-state index contributed by atoms with van der Waals surface area (Å²) in [7, 11) is 1.45. The molecule has 0 saturated carbocycles. The number of ether oxygens (including phenoxy) is 1. The van der Waals surface area contributed by atoms with E-state index in [-0.39, 0.29) is 48.1 Å². The monoisotopic (exact) mass is 295 g/mol. The fraction of sp³-hybridized carbons (Fsp3) is 0.438. The number of fused-ring (bicyclic) bond motifs is 1. The SMILES string of the molecule is [2H]c1c(C([2H])([2H])[C@H]2COC(=O)N2)c([2H])c2c(CCN(C)C([2H])([2H])[2H])c[nH]c2c1[2H]. The molecule has 1 aromatic carbocycles. The minimum absolute atomic E-state index is 0.160. The van der Waals surface area contributed by atoms with Crippen molar-refractivity contribution in [2.45, 2.75) is 18.8 Å². The molecule has 1 fully saturated rings. The van der Waals surface area contributed by atoms with Crippen molar-refractivity contribution in [2.75, 3.05) is 27.2 Å². The average molecular weight is 295 g/mol. The molecular weight excluding hydrogens is 266 g/mol. The van der Waals surface area contributed by atoms with E-state index in [1.807, 2.05) is 0 Å². The summed E-state index contributed by atoms with van der Waals surface area (Å²) >= 11 is 0. The molecule has 112 valence electrons. The van der Waals surface area contributed by atoms with E-state index in [0.29, 0.717) is 5.56 Å². The zero-order valence-electron chi connectivity index (χ0n) is 19.5. The summed E-state index contributed by atoms with van der Waals surface area (Å²) in [4.78, 5) is 15.4. The van der Waals surface area contributed by atoms with Crippen molar-refractivity contribution in [3.8, 4) is 0 Å². The number of carbonyl (C=O) groups excluding carboxylic acids is 1. The number of benzene rings is 1. The Bertz CT molecular complexity index is 956. The summed E-state index contributed by atoms with van der Waals surface area (Å²) < 4.78 is 69.0. The summed E-state index contributed by atoms with van der Waals surface area (Å²) in [6.45, 7) is -2.36. The fourth-order valence-corrected chi connectivity index (χ4v) is 2.18. The minimum Gasteiger partial charge on any atom is -0.447 e. The van der Waals surface area contributed by atoms with Gasteiger partial charge in [-0.2, -0.15) is 0 Å². The molecule has 5 heteroatoms. The van der Waals surface area contributed by atoms with Gasteiger partial charge in [0.1, 0.15) is 6.61 Å². The highest BCUT2D eigenvalue weighted by Crippen LogP contribution is 2.21. The Labute approximate surface area is 135 Å². The van der Waals surface area contributed by atoms with Crippen LogP contribution in [0.2, 0.25) is 0 Å². The molecule has 1 aliphatic heterocycles. The number of carbonyl (C=O) groups is 1. The van der Waals surface area contributed by atoms with E-state index in [4.69, 9.17) is 15.7 Å². The van der Waals surface area contributed by atoms with E-state index in [2.05, 4.69) is 10.3 Å². The van der Waals surface area contributed by atoms with Gasteiger partial charge in [-0.05, 0) is 50.0 Å². The van der Waals surface area contributed by atoms with Gasteiger partial charge in [0.2, 0.25) is 0 Å². The predicted molar refractivity (Wildman–Crippen MR) is 82.5 cm³/mol. The molecule has 1 saturated heterocycles. The zero-order chi connectivity index (χ0) is 21.7. The Morgan fingerprint density at radius 3 is 3.29 bits per heavy atom. The van der Waals surface area contributed by atoms with Gasteiger partial charge in [0, 0.05) is 30.5 Å². The largest absolute Gasteiger partial charge is 0.447 e. The van der Waals surface area contributed by atoms with Crippen LogP contribution >= 0.6 is 0 Å². The first kappa shape index (κ1) is 7.31. The van der Waals surface area contributed by atoms with Crippen LogP contribution in [0.25, 0.3) is 10.9 Å². The molecule has 1 aliphatic rings. The molecule has 2 N–H and O–H groups in total. The summed E-state index contributed by atoms with van der Waals surface area (Å²) in [6.07, 6.45) is -1.29. The number of nitrogens with zero attached hydrogens (tertiary/aromatic N) is 1. The number of likely N-dealkylation sites (N-methyl/N-ethyl adjacent to an activating group) is 1. The second-order valence-corrected chi connectivity index (χ2v) is 4.93.